The van der Waals surface area contributed by atoms with E-state index in [4.69, 9.17) is 5.11 Å². The number of nitrogens with zero attached hydrogens (tertiary/aromatic N) is 1. The van der Waals surface area contributed by atoms with Crippen molar-refractivity contribution in [3.63, 3.8) is 0 Å². The van der Waals surface area contributed by atoms with Crippen LogP contribution in [0.25, 0.3) is 11.0 Å². The molecule has 0 amide bonds. The Morgan fingerprint density at radius 1 is 1.46 bits per heavy atom. The number of rotatable bonds is 1. The number of carbonyl (C=O) groups is 1. The number of imidazole rings is 1. The molecule has 0 aliphatic heterocycles. The molecule has 1 heterocycles. The van der Waals surface area contributed by atoms with Crippen LogP contribution in [-0.4, -0.2) is 26.2 Å². The highest BCUT2D eigenvalue weighted by Crippen LogP contribution is 2.23. The zero-order chi connectivity index (χ0) is 9.42. The predicted octanol–water partition coefficient (Wildman–Crippen LogP) is 0.967. The van der Waals surface area contributed by atoms with Crippen LogP contribution in [0.1, 0.15) is 10.4 Å². The maximum absolute atomic E-state index is 10.7. The maximum atomic E-state index is 10.7. The van der Waals surface area contributed by atoms with Gasteiger partial charge in [0.2, 0.25) is 0 Å². The van der Waals surface area contributed by atoms with Gasteiger partial charge in [-0.1, -0.05) is 0 Å². The SMILES string of the molecule is O=C(O)c1ccc(O)c2[nH]cnc12. The number of carboxylic acids is 1. The molecule has 0 fully saturated rings. The lowest BCUT2D eigenvalue weighted by molar-refractivity contribution is 0.0699. The van der Waals surface area contributed by atoms with Gasteiger partial charge in [-0.15, -0.1) is 0 Å². The number of aromatic nitrogens is 2. The van der Waals surface area contributed by atoms with Crippen molar-refractivity contribution in [3.05, 3.63) is 24.0 Å². The number of aromatic carboxylic acids is 1. The third-order valence-corrected chi connectivity index (χ3v) is 1.79. The standard InChI is InChI=1S/C8H6N2O3/c11-5-2-1-4(8(12)13)6-7(5)10-3-9-6/h1-3,11H,(H,9,10)(H,12,13). The predicted molar refractivity (Wildman–Crippen MR) is 44.7 cm³/mol. The van der Waals surface area contributed by atoms with Crippen LogP contribution in [0.4, 0.5) is 0 Å². The molecule has 5 heteroatoms. The third kappa shape index (κ3) is 1.01. The molecule has 1 aromatic heterocycles. The number of aromatic hydroxyl groups is 1. The van der Waals surface area contributed by atoms with E-state index in [1.54, 1.807) is 0 Å². The van der Waals surface area contributed by atoms with Crippen molar-refractivity contribution >= 4 is 17.0 Å². The van der Waals surface area contributed by atoms with Gasteiger partial charge in [0.15, 0.2) is 0 Å². The number of hydrogen-bond acceptors (Lipinski definition) is 3. The zero-order valence-electron chi connectivity index (χ0n) is 6.48. The van der Waals surface area contributed by atoms with E-state index in [1.165, 1.54) is 18.5 Å². The fourth-order valence-electron chi connectivity index (χ4n) is 1.19. The number of fused-ring (bicyclic) bond motifs is 1. The number of H-pyrrole nitrogens is 1. The second-order valence-corrected chi connectivity index (χ2v) is 2.56. The van der Waals surface area contributed by atoms with Gasteiger partial charge in [0, 0.05) is 0 Å². The van der Waals surface area contributed by atoms with Crippen molar-refractivity contribution in [2.24, 2.45) is 0 Å². The summed E-state index contributed by atoms with van der Waals surface area (Å²) in [7, 11) is 0. The zero-order valence-corrected chi connectivity index (χ0v) is 6.48. The maximum Gasteiger partial charge on any atom is 0.337 e. The second-order valence-electron chi connectivity index (χ2n) is 2.56. The molecule has 66 valence electrons. The van der Waals surface area contributed by atoms with Crippen LogP contribution in [0, 0.1) is 0 Å². The van der Waals surface area contributed by atoms with Crippen molar-refractivity contribution in [2.75, 3.05) is 0 Å². The van der Waals surface area contributed by atoms with Gasteiger partial charge in [0.25, 0.3) is 0 Å². The second kappa shape index (κ2) is 2.48. The Morgan fingerprint density at radius 3 is 2.92 bits per heavy atom. The fraction of sp³-hybridized carbons (Fsp3) is 0. The van der Waals surface area contributed by atoms with Gasteiger partial charge in [-0.3, -0.25) is 0 Å². The number of hydrogen-bond donors (Lipinski definition) is 3. The lowest BCUT2D eigenvalue weighted by Crippen LogP contribution is -1.96. The van der Waals surface area contributed by atoms with E-state index in [-0.39, 0.29) is 16.8 Å². The van der Waals surface area contributed by atoms with Crippen LogP contribution in [0.15, 0.2) is 18.5 Å². The molecule has 0 atom stereocenters. The summed E-state index contributed by atoms with van der Waals surface area (Å²) >= 11 is 0. The Kier molecular flexibility index (Phi) is 1.45. The summed E-state index contributed by atoms with van der Waals surface area (Å²) in [6.45, 7) is 0. The number of phenols is 1. The van der Waals surface area contributed by atoms with E-state index in [0.29, 0.717) is 5.52 Å². The molecule has 3 N–H and O–H groups in total. The topological polar surface area (TPSA) is 86.2 Å². The molecule has 5 nitrogen and oxygen atoms in total. The summed E-state index contributed by atoms with van der Waals surface area (Å²) in [5, 5.41) is 18.1. The van der Waals surface area contributed by atoms with Crippen molar-refractivity contribution in [1.29, 1.82) is 0 Å². The molecule has 0 bridgehead atoms. The van der Waals surface area contributed by atoms with Crippen molar-refractivity contribution in [3.8, 4) is 5.75 Å². The minimum absolute atomic E-state index is 0.00231. The van der Waals surface area contributed by atoms with Crippen LogP contribution in [-0.2, 0) is 0 Å². The van der Waals surface area contributed by atoms with Crippen LogP contribution >= 0.6 is 0 Å². The Hall–Kier alpha value is -2.04. The lowest BCUT2D eigenvalue weighted by Gasteiger charge is -1.97. The highest BCUT2D eigenvalue weighted by Gasteiger charge is 2.12. The van der Waals surface area contributed by atoms with Gasteiger partial charge < -0.3 is 15.2 Å². The van der Waals surface area contributed by atoms with Gasteiger partial charge in [-0.05, 0) is 12.1 Å². The Morgan fingerprint density at radius 2 is 2.23 bits per heavy atom. The molecule has 2 rings (SSSR count). The smallest absolute Gasteiger partial charge is 0.337 e. The van der Waals surface area contributed by atoms with Crippen molar-refractivity contribution in [2.45, 2.75) is 0 Å². The molecule has 1 aromatic carbocycles. The molecule has 0 aliphatic rings. The highest BCUT2D eigenvalue weighted by atomic mass is 16.4. The van der Waals surface area contributed by atoms with E-state index in [9.17, 15) is 9.90 Å². The lowest BCUT2D eigenvalue weighted by atomic mass is 10.2. The van der Waals surface area contributed by atoms with Gasteiger partial charge in [0.05, 0.1) is 11.9 Å². The number of carboxylic acid groups (broad SMARTS) is 1. The van der Waals surface area contributed by atoms with Gasteiger partial charge >= 0.3 is 5.97 Å². The first-order valence-corrected chi connectivity index (χ1v) is 3.58. The molecule has 0 saturated heterocycles. The molecular formula is C8H6N2O3. The van der Waals surface area contributed by atoms with Crippen LogP contribution in [0.3, 0.4) is 0 Å². The van der Waals surface area contributed by atoms with E-state index < -0.39 is 5.97 Å². The summed E-state index contributed by atoms with van der Waals surface area (Å²) in [6.07, 6.45) is 1.34. The minimum atomic E-state index is -1.06. The normalized spacial score (nSPS) is 10.5. The minimum Gasteiger partial charge on any atom is -0.506 e. The molecule has 0 unspecified atom stereocenters. The molecular weight excluding hydrogens is 172 g/mol. The third-order valence-electron chi connectivity index (χ3n) is 1.79. The molecule has 13 heavy (non-hydrogen) atoms. The molecule has 0 spiro atoms. The summed E-state index contributed by atoms with van der Waals surface area (Å²) < 4.78 is 0. The quantitative estimate of drug-likeness (QED) is 0.607. The van der Waals surface area contributed by atoms with E-state index >= 15 is 0 Å². The van der Waals surface area contributed by atoms with Crippen molar-refractivity contribution < 1.29 is 15.0 Å². The molecule has 0 saturated carbocycles. The Bertz CT molecular complexity index is 475. The Balaban J connectivity index is 2.86. The first-order chi connectivity index (χ1) is 6.20. The van der Waals surface area contributed by atoms with Gasteiger partial charge in [-0.25, -0.2) is 9.78 Å². The average Bonchev–Trinajstić information content (AvgIpc) is 2.53. The van der Waals surface area contributed by atoms with Gasteiger partial charge in [0.1, 0.15) is 16.8 Å². The molecule has 0 radical (unpaired) electrons. The summed E-state index contributed by atoms with van der Waals surface area (Å²) in [5.41, 5.74) is 0.696. The van der Waals surface area contributed by atoms with E-state index in [0.717, 1.165) is 0 Å². The number of aromatic amines is 1. The molecule has 2 aromatic rings. The fourth-order valence-corrected chi connectivity index (χ4v) is 1.19. The number of benzene rings is 1. The van der Waals surface area contributed by atoms with E-state index in [2.05, 4.69) is 9.97 Å². The van der Waals surface area contributed by atoms with E-state index in [1.807, 2.05) is 0 Å². The highest BCUT2D eigenvalue weighted by molar-refractivity contribution is 6.02. The number of phenolic OH excluding ortho intramolecular Hbond substituents is 1. The summed E-state index contributed by atoms with van der Waals surface area (Å²) in [4.78, 5) is 17.2. The first kappa shape index (κ1) is 7.60. The number of nitrogens with one attached hydrogen (secondary N) is 1. The van der Waals surface area contributed by atoms with Crippen LogP contribution in [0.2, 0.25) is 0 Å². The molecule has 0 aliphatic carbocycles. The average molecular weight is 178 g/mol. The van der Waals surface area contributed by atoms with Gasteiger partial charge in [-0.2, -0.15) is 0 Å². The first-order valence-electron chi connectivity index (χ1n) is 3.58. The van der Waals surface area contributed by atoms with Crippen LogP contribution < -0.4 is 0 Å². The van der Waals surface area contributed by atoms with Crippen molar-refractivity contribution in [1.82, 2.24) is 9.97 Å². The Labute approximate surface area is 72.7 Å². The summed E-state index contributed by atoms with van der Waals surface area (Å²) in [6, 6.07) is 2.64. The largest absolute Gasteiger partial charge is 0.506 e. The monoisotopic (exact) mass is 178 g/mol. The summed E-state index contributed by atoms with van der Waals surface area (Å²) in [5.74, 6) is -1.06. The van der Waals surface area contributed by atoms with Crippen LogP contribution in [0.5, 0.6) is 5.75 Å².